The number of nitrogens with zero attached hydrogens (tertiary/aromatic N) is 3. The van der Waals surface area contributed by atoms with Gasteiger partial charge in [-0.2, -0.15) is 0 Å². The van der Waals surface area contributed by atoms with Crippen LogP contribution in [0.3, 0.4) is 0 Å². The highest BCUT2D eigenvalue weighted by Crippen LogP contribution is 2.14. The molecule has 0 bridgehead atoms. The van der Waals surface area contributed by atoms with E-state index in [2.05, 4.69) is 14.9 Å². The topological polar surface area (TPSA) is 63.7 Å². The van der Waals surface area contributed by atoms with Gasteiger partial charge in [-0.1, -0.05) is 6.07 Å². The molecule has 2 N–H and O–H groups in total. The van der Waals surface area contributed by atoms with Crippen LogP contribution in [0.5, 0.6) is 5.88 Å². The zero-order valence-corrected chi connectivity index (χ0v) is 10.1. The molecule has 1 aromatic rings. The van der Waals surface area contributed by atoms with E-state index in [0.29, 0.717) is 18.4 Å². The normalized spacial score (nSPS) is 15.6. The molecule has 5 nitrogen and oxygen atoms in total. The smallest absolute Gasteiger partial charge is 0.216 e. The number of likely N-dealkylation sites (tertiary alicyclic amines) is 1. The minimum Gasteiger partial charge on any atom is -0.481 e. The number of ether oxygens (including phenoxy) is 1. The third-order valence-corrected chi connectivity index (χ3v) is 2.88. The first-order valence-electron chi connectivity index (χ1n) is 5.84. The number of pyridine rings is 1. The minimum absolute atomic E-state index is 0.652. The summed E-state index contributed by atoms with van der Waals surface area (Å²) in [4.78, 5) is 10.6. The maximum absolute atomic E-state index is 5.84. The van der Waals surface area contributed by atoms with Crippen molar-refractivity contribution in [2.75, 3.05) is 26.7 Å². The Morgan fingerprint density at radius 1 is 1.59 bits per heavy atom. The highest BCUT2D eigenvalue weighted by molar-refractivity contribution is 5.78. The monoisotopic (exact) mass is 234 g/mol. The van der Waals surface area contributed by atoms with E-state index in [9.17, 15) is 0 Å². The molecule has 1 aliphatic rings. The van der Waals surface area contributed by atoms with Crippen molar-refractivity contribution in [2.45, 2.75) is 12.8 Å². The predicted molar refractivity (Wildman–Crippen MR) is 67.2 cm³/mol. The van der Waals surface area contributed by atoms with Gasteiger partial charge in [0, 0.05) is 31.4 Å². The van der Waals surface area contributed by atoms with Crippen molar-refractivity contribution in [3.05, 3.63) is 23.9 Å². The number of aliphatic imine (C=N–C) groups is 1. The molecule has 5 heteroatoms. The first-order chi connectivity index (χ1) is 8.31. The molecule has 0 saturated carbocycles. The van der Waals surface area contributed by atoms with Gasteiger partial charge in [-0.05, 0) is 18.9 Å². The molecule has 0 aliphatic carbocycles. The van der Waals surface area contributed by atoms with Gasteiger partial charge in [0.1, 0.15) is 0 Å². The fraction of sp³-hybridized carbons (Fsp3) is 0.500. The van der Waals surface area contributed by atoms with E-state index < -0.39 is 0 Å². The van der Waals surface area contributed by atoms with Crippen LogP contribution in [0.2, 0.25) is 0 Å². The van der Waals surface area contributed by atoms with Crippen molar-refractivity contribution in [1.82, 2.24) is 9.88 Å². The first kappa shape index (κ1) is 11.7. The Bertz CT molecular complexity index is 401. The van der Waals surface area contributed by atoms with Crippen molar-refractivity contribution in [3.63, 3.8) is 0 Å². The van der Waals surface area contributed by atoms with Crippen LogP contribution in [-0.4, -0.2) is 42.6 Å². The van der Waals surface area contributed by atoms with E-state index in [0.717, 1.165) is 25.1 Å². The average molecular weight is 234 g/mol. The van der Waals surface area contributed by atoms with Crippen LogP contribution in [-0.2, 0) is 6.42 Å². The van der Waals surface area contributed by atoms with E-state index in [4.69, 9.17) is 10.5 Å². The molecule has 0 aromatic carbocycles. The van der Waals surface area contributed by atoms with Gasteiger partial charge in [-0.3, -0.25) is 4.99 Å². The lowest BCUT2D eigenvalue weighted by Gasteiger charge is -2.31. The van der Waals surface area contributed by atoms with Crippen LogP contribution in [0.4, 0.5) is 0 Å². The number of hydrogen-bond acceptors (Lipinski definition) is 3. The van der Waals surface area contributed by atoms with Gasteiger partial charge in [-0.25, -0.2) is 4.98 Å². The molecule has 0 amide bonds. The Hall–Kier alpha value is -1.78. The van der Waals surface area contributed by atoms with Gasteiger partial charge < -0.3 is 15.4 Å². The second-order valence-corrected chi connectivity index (χ2v) is 4.00. The largest absolute Gasteiger partial charge is 0.481 e. The molecule has 2 rings (SSSR count). The van der Waals surface area contributed by atoms with E-state index in [1.807, 2.05) is 12.1 Å². The molecule has 17 heavy (non-hydrogen) atoms. The third-order valence-electron chi connectivity index (χ3n) is 2.88. The maximum Gasteiger partial charge on any atom is 0.216 e. The first-order valence-corrected chi connectivity index (χ1v) is 5.84. The van der Waals surface area contributed by atoms with Gasteiger partial charge in [-0.15, -0.1) is 0 Å². The van der Waals surface area contributed by atoms with E-state index in [-0.39, 0.29) is 0 Å². The molecule has 0 atom stereocenters. The summed E-state index contributed by atoms with van der Waals surface area (Å²) < 4.78 is 5.18. The van der Waals surface area contributed by atoms with Crippen molar-refractivity contribution >= 4 is 5.96 Å². The summed E-state index contributed by atoms with van der Waals surface area (Å²) in [5.74, 6) is 1.32. The zero-order valence-electron chi connectivity index (χ0n) is 10.1. The van der Waals surface area contributed by atoms with Crippen LogP contribution in [0.1, 0.15) is 12.0 Å². The van der Waals surface area contributed by atoms with E-state index >= 15 is 0 Å². The fourth-order valence-electron chi connectivity index (χ4n) is 1.73. The SMILES string of the molecule is COc1ncccc1CCN=C(N)N1CCC1. The number of aromatic nitrogens is 1. The number of nitrogens with two attached hydrogens (primary N) is 1. The van der Waals surface area contributed by atoms with Gasteiger partial charge in [0.2, 0.25) is 5.88 Å². The van der Waals surface area contributed by atoms with Crippen LogP contribution >= 0.6 is 0 Å². The molecule has 1 saturated heterocycles. The molecule has 92 valence electrons. The molecule has 2 heterocycles. The molecule has 1 fully saturated rings. The number of methoxy groups -OCH3 is 1. The van der Waals surface area contributed by atoms with Crippen molar-refractivity contribution < 1.29 is 4.74 Å². The van der Waals surface area contributed by atoms with Gasteiger partial charge in [0.15, 0.2) is 5.96 Å². The Labute approximate surface area is 101 Å². The summed E-state index contributed by atoms with van der Waals surface area (Å²) in [5, 5.41) is 0. The summed E-state index contributed by atoms with van der Waals surface area (Å²) in [5.41, 5.74) is 6.91. The Morgan fingerprint density at radius 2 is 2.41 bits per heavy atom. The summed E-state index contributed by atoms with van der Waals surface area (Å²) in [6, 6.07) is 3.90. The quantitative estimate of drug-likeness (QED) is 0.614. The molecule has 1 aromatic heterocycles. The van der Waals surface area contributed by atoms with E-state index in [1.165, 1.54) is 6.42 Å². The second-order valence-electron chi connectivity index (χ2n) is 4.00. The molecular weight excluding hydrogens is 216 g/mol. The van der Waals surface area contributed by atoms with Gasteiger partial charge >= 0.3 is 0 Å². The van der Waals surface area contributed by atoms with Crippen LogP contribution in [0, 0.1) is 0 Å². The van der Waals surface area contributed by atoms with Crippen molar-refractivity contribution in [1.29, 1.82) is 0 Å². The average Bonchev–Trinajstić information content (AvgIpc) is 2.27. The minimum atomic E-state index is 0.652. The third kappa shape index (κ3) is 2.87. The van der Waals surface area contributed by atoms with Crippen LogP contribution < -0.4 is 10.5 Å². The Morgan fingerprint density at radius 3 is 3.06 bits per heavy atom. The maximum atomic E-state index is 5.84. The molecule has 0 unspecified atom stereocenters. The molecule has 1 aliphatic heterocycles. The van der Waals surface area contributed by atoms with Crippen LogP contribution in [0.25, 0.3) is 0 Å². The summed E-state index contributed by atoms with van der Waals surface area (Å²) in [6.45, 7) is 2.74. The number of rotatable bonds is 4. The lowest BCUT2D eigenvalue weighted by molar-refractivity contribution is 0.295. The highest BCUT2D eigenvalue weighted by Gasteiger charge is 2.15. The van der Waals surface area contributed by atoms with Crippen molar-refractivity contribution in [3.8, 4) is 5.88 Å². The Balaban J connectivity index is 1.88. The number of hydrogen-bond donors (Lipinski definition) is 1. The lowest BCUT2D eigenvalue weighted by Crippen LogP contribution is -2.46. The van der Waals surface area contributed by atoms with Crippen LogP contribution in [0.15, 0.2) is 23.3 Å². The number of guanidine groups is 1. The summed E-state index contributed by atoms with van der Waals surface area (Å²) in [7, 11) is 1.63. The molecule has 0 radical (unpaired) electrons. The van der Waals surface area contributed by atoms with Crippen molar-refractivity contribution in [2.24, 2.45) is 10.7 Å². The highest BCUT2D eigenvalue weighted by atomic mass is 16.5. The second kappa shape index (κ2) is 5.52. The van der Waals surface area contributed by atoms with E-state index in [1.54, 1.807) is 13.3 Å². The fourth-order valence-corrected chi connectivity index (χ4v) is 1.73. The van der Waals surface area contributed by atoms with Gasteiger partial charge in [0.25, 0.3) is 0 Å². The standard InChI is InChI=1S/C12H18N4O/c1-17-11-10(4-2-6-14-11)5-7-15-12(13)16-8-3-9-16/h2,4,6H,3,5,7-9H2,1H3,(H2,13,15). The molecular formula is C12H18N4O. The zero-order chi connectivity index (χ0) is 12.1. The summed E-state index contributed by atoms with van der Waals surface area (Å²) >= 11 is 0. The van der Waals surface area contributed by atoms with Gasteiger partial charge in [0.05, 0.1) is 7.11 Å². The predicted octanol–water partition coefficient (Wildman–Crippen LogP) is 0.653. The Kier molecular flexibility index (Phi) is 3.80. The molecule has 0 spiro atoms. The summed E-state index contributed by atoms with van der Waals surface area (Å²) in [6.07, 6.45) is 3.73. The lowest BCUT2D eigenvalue weighted by atomic mass is 10.2.